The molecule has 2 aromatic carbocycles. The molecule has 3 heteroatoms. The van der Waals surface area contributed by atoms with Gasteiger partial charge in [0.15, 0.2) is 0 Å². The minimum Gasteiger partial charge on any atom is -0.320 e. The van der Waals surface area contributed by atoms with Gasteiger partial charge in [-0.05, 0) is 66.8 Å². The van der Waals surface area contributed by atoms with Gasteiger partial charge < -0.3 is 5.73 Å². The topological polar surface area (TPSA) is 26.0 Å². The molecular formula is C16H17BrClN. The molecule has 0 aliphatic heterocycles. The van der Waals surface area contributed by atoms with Crippen LogP contribution >= 0.6 is 27.5 Å². The van der Waals surface area contributed by atoms with Crippen LogP contribution in [0, 0.1) is 20.8 Å². The van der Waals surface area contributed by atoms with Crippen molar-refractivity contribution in [2.45, 2.75) is 26.8 Å². The van der Waals surface area contributed by atoms with Gasteiger partial charge in [0.25, 0.3) is 0 Å². The van der Waals surface area contributed by atoms with Gasteiger partial charge in [-0.25, -0.2) is 0 Å². The molecule has 0 aliphatic carbocycles. The van der Waals surface area contributed by atoms with Gasteiger partial charge in [0.2, 0.25) is 0 Å². The number of rotatable bonds is 2. The number of aryl methyl sites for hydroxylation is 3. The molecule has 2 aromatic rings. The molecular weight excluding hydrogens is 322 g/mol. The molecule has 0 amide bonds. The summed E-state index contributed by atoms with van der Waals surface area (Å²) in [6.07, 6.45) is 0. The quantitative estimate of drug-likeness (QED) is 0.812. The Balaban J connectivity index is 2.49. The SMILES string of the molecule is Cc1cc(C(N)c2ccc(Br)cc2C)c(C)cc1Cl. The van der Waals surface area contributed by atoms with Crippen molar-refractivity contribution in [1.29, 1.82) is 0 Å². The Bertz CT molecular complexity index is 622. The van der Waals surface area contributed by atoms with Gasteiger partial charge in [-0.15, -0.1) is 0 Å². The van der Waals surface area contributed by atoms with Crippen molar-refractivity contribution in [3.63, 3.8) is 0 Å². The summed E-state index contributed by atoms with van der Waals surface area (Å²) in [4.78, 5) is 0. The zero-order chi connectivity index (χ0) is 14.2. The molecule has 1 atom stereocenters. The number of benzene rings is 2. The molecule has 1 nitrogen and oxygen atoms in total. The third-order valence-electron chi connectivity index (χ3n) is 3.45. The zero-order valence-corrected chi connectivity index (χ0v) is 13.6. The van der Waals surface area contributed by atoms with E-state index in [0.29, 0.717) is 0 Å². The van der Waals surface area contributed by atoms with Gasteiger partial charge in [-0.2, -0.15) is 0 Å². The maximum absolute atomic E-state index is 6.43. The molecule has 0 fully saturated rings. The first kappa shape index (κ1) is 14.6. The number of hydrogen-bond acceptors (Lipinski definition) is 1. The second-order valence-corrected chi connectivity index (χ2v) is 6.26. The van der Waals surface area contributed by atoms with E-state index in [1.54, 1.807) is 0 Å². The molecule has 0 heterocycles. The Morgan fingerprint density at radius 1 is 0.947 bits per heavy atom. The van der Waals surface area contributed by atoms with Crippen LogP contribution in [0.4, 0.5) is 0 Å². The molecule has 0 bridgehead atoms. The Hall–Kier alpha value is -0.830. The third kappa shape index (κ3) is 3.02. The molecule has 0 radical (unpaired) electrons. The van der Waals surface area contributed by atoms with E-state index in [4.69, 9.17) is 17.3 Å². The van der Waals surface area contributed by atoms with E-state index in [0.717, 1.165) is 31.7 Å². The maximum atomic E-state index is 6.43. The summed E-state index contributed by atoms with van der Waals surface area (Å²) < 4.78 is 1.07. The highest BCUT2D eigenvalue weighted by atomic mass is 79.9. The van der Waals surface area contributed by atoms with Gasteiger partial charge in [-0.1, -0.05) is 39.7 Å². The summed E-state index contributed by atoms with van der Waals surface area (Å²) in [5.74, 6) is 0. The Kier molecular flexibility index (Phi) is 4.34. The predicted octanol–water partition coefficient (Wildman–Crippen LogP) is 5.08. The Morgan fingerprint density at radius 3 is 2.21 bits per heavy atom. The molecule has 0 saturated carbocycles. The standard InChI is InChI=1S/C16H17BrClN/c1-9-6-12(17)4-5-13(9)16(19)14-7-11(3)15(18)8-10(14)2/h4-8,16H,19H2,1-3H3. The first-order valence-corrected chi connectivity index (χ1v) is 7.35. The molecule has 2 N–H and O–H groups in total. The fourth-order valence-electron chi connectivity index (χ4n) is 2.29. The first-order valence-electron chi connectivity index (χ1n) is 6.18. The molecule has 0 aliphatic rings. The Labute approximate surface area is 127 Å². The van der Waals surface area contributed by atoms with Crippen molar-refractivity contribution in [2.24, 2.45) is 5.73 Å². The van der Waals surface area contributed by atoms with Crippen molar-refractivity contribution in [3.8, 4) is 0 Å². The van der Waals surface area contributed by atoms with Gasteiger partial charge in [0.1, 0.15) is 0 Å². The predicted molar refractivity (Wildman–Crippen MR) is 85.8 cm³/mol. The van der Waals surface area contributed by atoms with Crippen molar-refractivity contribution in [3.05, 3.63) is 67.6 Å². The minimum absolute atomic E-state index is 0.121. The number of halogens is 2. The summed E-state index contributed by atoms with van der Waals surface area (Å²) in [6, 6.07) is 10.1. The summed E-state index contributed by atoms with van der Waals surface area (Å²) >= 11 is 9.62. The van der Waals surface area contributed by atoms with Gasteiger partial charge in [0, 0.05) is 9.50 Å². The van der Waals surface area contributed by atoms with Crippen LogP contribution < -0.4 is 5.73 Å². The fourth-order valence-corrected chi connectivity index (χ4v) is 2.99. The van der Waals surface area contributed by atoms with Gasteiger partial charge in [0.05, 0.1) is 6.04 Å². The van der Waals surface area contributed by atoms with E-state index >= 15 is 0 Å². The van der Waals surface area contributed by atoms with Gasteiger partial charge >= 0.3 is 0 Å². The highest BCUT2D eigenvalue weighted by molar-refractivity contribution is 9.10. The van der Waals surface area contributed by atoms with Crippen LogP contribution in [0.15, 0.2) is 34.8 Å². The molecule has 100 valence electrons. The lowest BCUT2D eigenvalue weighted by Gasteiger charge is -2.19. The van der Waals surface area contributed by atoms with E-state index in [1.807, 2.05) is 19.1 Å². The molecule has 0 spiro atoms. The van der Waals surface area contributed by atoms with Crippen LogP contribution in [0.2, 0.25) is 5.02 Å². The molecule has 19 heavy (non-hydrogen) atoms. The highest BCUT2D eigenvalue weighted by Gasteiger charge is 2.15. The van der Waals surface area contributed by atoms with Crippen LogP contribution in [-0.4, -0.2) is 0 Å². The number of hydrogen-bond donors (Lipinski definition) is 1. The van der Waals surface area contributed by atoms with Gasteiger partial charge in [-0.3, -0.25) is 0 Å². The Morgan fingerprint density at radius 2 is 1.58 bits per heavy atom. The van der Waals surface area contributed by atoms with Crippen molar-refractivity contribution in [1.82, 2.24) is 0 Å². The second-order valence-electron chi connectivity index (χ2n) is 4.94. The van der Waals surface area contributed by atoms with Crippen molar-refractivity contribution in [2.75, 3.05) is 0 Å². The normalized spacial score (nSPS) is 12.5. The summed E-state index contributed by atoms with van der Waals surface area (Å²) in [5, 5.41) is 0.793. The van der Waals surface area contributed by atoms with Crippen LogP contribution in [0.3, 0.4) is 0 Å². The lowest BCUT2D eigenvalue weighted by atomic mass is 9.92. The molecule has 1 unspecified atom stereocenters. The zero-order valence-electron chi connectivity index (χ0n) is 11.3. The third-order valence-corrected chi connectivity index (χ3v) is 4.35. The van der Waals surface area contributed by atoms with E-state index in [-0.39, 0.29) is 6.04 Å². The first-order chi connectivity index (χ1) is 8.90. The molecule has 0 saturated heterocycles. The monoisotopic (exact) mass is 337 g/mol. The van der Waals surface area contributed by atoms with Crippen LogP contribution in [0.5, 0.6) is 0 Å². The lowest BCUT2D eigenvalue weighted by Crippen LogP contribution is -2.15. The van der Waals surface area contributed by atoms with Crippen LogP contribution in [0.1, 0.15) is 33.9 Å². The lowest BCUT2D eigenvalue weighted by molar-refractivity contribution is 0.850. The molecule has 0 aromatic heterocycles. The average molecular weight is 339 g/mol. The summed E-state index contributed by atoms with van der Waals surface area (Å²) in [6.45, 7) is 6.14. The summed E-state index contributed by atoms with van der Waals surface area (Å²) in [7, 11) is 0. The van der Waals surface area contributed by atoms with E-state index < -0.39 is 0 Å². The smallest absolute Gasteiger partial charge is 0.0557 e. The summed E-state index contributed by atoms with van der Waals surface area (Å²) in [5.41, 5.74) is 12.1. The number of nitrogens with two attached hydrogens (primary N) is 1. The largest absolute Gasteiger partial charge is 0.320 e. The fraction of sp³-hybridized carbons (Fsp3) is 0.250. The van der Waals surface area contributed by atoms with Crippen LogP contribution in [-0.2, 0) is 0 Å². The van der Waals surface area contributed by atoms with Crippen LogP contribution in [0.25, 0.3) is 0 Å². The van der Waals surface area contributed by atoms with E-state index in [2.05, 4.69) is 48.0 Å². The van der Waals surface area contributed by atoms with Crippen molar-refractivity contribution < 1.29 is 0 Å². The average Bonchev–Trinajstić information content (AvgIpc) is 2.33. The van der Waals surface area contributed by atoms with E-state index in [1.165, 1.54) is 5.56 Å². The maximum Gasteiger partial charge on any atom is 0.0557 e. The minimum atomic E-state index is -0.121. The van der Waals surface area contributed by atoms with Crippen molar-refractivity contribution >= 4 is 27.5 Å². The van der Waals surface area contributed by atoms with E-state index in [9.17, 15) is 0 Å². The highest BCUT2D eigenvalue weighted by Crippen LogP contribution is 2.30. The second kappa shape index (κ2) is 5.66. The molecule has 2 rings (SSSR count).